The molecule has 2 heterocycles. The average molecular weight is 296 g/mol. The molecule has 1 aliphatic rings. The van der Waals surface area contributed by atoms with Crippen LogP contribution in [0.1, 0.15) is 23.2 Å². The molecule has 0 unspecified atom stereocenters. The fourth-order valence-electron chi connectivity index (χ4n) is 2.12. The molecule has 1 aromatic rings. The van der Waals surface area contributed by atoms with Gasteiger partial charge in [0.1, 0.15) is 10.6 Å². The number of aliphatic carboxylic acids is 1. The Morgan fingerprint density at radius 3 is 2.75 bits per heavy atom. The van der Waals surface area contributed by atoms with Gasteiger partial charge in [-0.25, -0.2) is 9.78 Å². The Hall–Kier alpha value is -1.60. The van der Waals surface area contributed by atoms with Crippen molar-refractivity contribution in [2.45, 2.75) is 23.4 Å². The summed E-state index contributed by atoms with van der Waals surface area (Å²) in [6, 6.07) is 3.30. The number of thioether (sulfide) groups is 1. The van der Waals surface area contributed by atoms with E-state index in [2.05, 4.69) is 10.3 Å². The number of aromatic nitrogens is 1. The van der Waals surface area contributed by atoms with E-state index in [1.807, 2.05) is 6.26 Å². The first-order chi connectivity index (χ1) is 9.59. The molecule has 0 spiro atoms. The maximum absolute atomic E-state index is 12.3. The largest absolute Gasteiger partial charge is 0.480 e. The predicted octanol–water partition coefficient (Wildman–Crippen LogP) is 1.17. The Morgan fingerprint density at radius 2 is 2.15 bits per heavy atom. The Kier molecular flexibility index (Phi) is 4.61. The highest BCUT2D eigenvalue weighted by molar-refractivity contribution is 7.98. The smallest absolute Gasteiger partial charge is 0.329 e. The van der Waals surface area contributed by atoms with E-state index in [0.29, 0.717) is 23.8 Å². The summed E-state index contributed by atoms with van der Waals surface area (Å²) in [6.07, 6.45) is 3.95. The number of hydrogen-bond donors (Lipinski definition) is 2. The normalized spacial score (nSPS) is 17.4. The van der Waals surface area contributed by atoms with Crippen LogP contribution in [-0.2, 0) is 9.53 Å². The number of ether oxygens (including phenoxy) is 1. The summed E-state index contributed by atoms with van der Waals surface area (Å²) in [6.45, 7) is 0.657. The number of carboxylic acid groups (broad SMARTS) is 1. The molecule has 6 nitrogen and oxygen atoms in total. The Morgan fingerprint density at radius 1 is 1.45 bits per heavy atom. The van der Waals surface area contributed by atoms with E-state index in [4.69, 9.17) is 4.74 Å². The summed E-state index contributed by atoms with van der Waals surface area (Å²) in [7, 11) is 0. The Balaban J connectivity index is 2.22. The van der Waals surface area contributed by atoms with Crippen molar-refractivity contribution in [3.8, 4) is 0 Å². The van der Waals surface area contributed by atoms with Crippen LogP contribution in [-0.4, -0.2) is 47.0 Å². The van der Waals surface area contributed by atoms with E-state index in [0.717, 1.165) is 0 Å². The predicted molar refractivity (Wildman–Crippen MR) is 73.9 cm³/mol. The second kappa shape index (κ2) is 6.23. The number of rotatable bonds is 4. The summed E-state index contributed by atoms with van der Waals surface area (Å²) in [5, 5.41) is 12.7. The van der Waals surface area contributed by atoms with Crippen molar-refractivity contribution in [3.05, 3.63) is 23.9 Å². The van der Waals surface area contributed by atoms with Crippen molar-refractivity contribution in [2.75, 3.05) is 19.5 Å². The SMILES string of the molecule is CSc1ncccc1C(=O)NC1(C(=O)O)CCOCC1. The summed E-state index contributed by atoms with van der Waals surface area (Å²) in [5.41, 5.74) is -0.854. The third-order valence-electron chi connectivity index (χ3n) is 3.32. The number of carbonyl (C=O) groups is 2. The highest BCUT2D eigenvalue weighted by atomic mass is 32.2. The van der Waals surface area contributed by atoms with Gasteiger partial charge in [0.2, 0.25) is 0 Å². The number of nitrogens with one attached hydrogen (secondary N) is 1. The standard InChI is InChI=1S/C13H16N2O4S/c1-20-11-9(3-2-6-14-11)10(16)15-13(12(17)18)4-7-19-8-5-13/h2-3,6H,4-5,7-8H2,1H3,(H,15,16)(H,17,18). The molecular weight excluding hydrogens is 280 g/mol. The Labute approximate surface area is 120 Å². The van der Waals surface area contributed by atoms with Crippen molar-refractivity contribution in [1.29, 1.82) is 0 Å². The average Bonchev–Trinajstić information content (AvgIpc) is 2.48. The highest BCUT2D eigenvalue weighted by Gasteiger charge is 2.42. The van der Waals surface area contributed by atoms with Gasteiger partial charge in [-0.3, -0.25) is 4.79 Å². The summed E-state index contributed by atoms with van der Waals surface area (Å²) in [5.74, 6) is -1.43. The lowest BCUT2D eigenvalue weighted by Gasteiger charge is -2.33. The van der Waals surface area contributed by atoms with Gasteiger partial charge in [0.05, 0.1) is 5.56 Å². The van der Waals surface area contributed by atoms with Crippen molar-refractivity contribution in [3.63, 3.8) is 0 Å². The molecule has 2 rings (SSSR count). The van der Waals surface area contributed by atoms with E-state index in [1.54, 1.807) is 18.3 Å². The maximum Gasteiger partial charge on any atom is 0.329 e. The van der Waals surface area contributed by atoms with E-state index < -0.39 is 17.4 Å². The molecule has 0 saturated carbocycles. The van der Waals surface area contributed by atoms with Gasteiger partial charge in [0.25, 0.3) is 5.91 Å². The van der Waals surface area contributed by atoms with Gasteiger partial charge in [-0.1, -0.05) is 0 Å². The highest BCUT2D eigenvalue weighted by Crippen LogP contribution is 2.23. The number of nitrogens with zero attached hydrogens (tertiary/aromatic N) is 1. The molecule has 7 heteroatoms. The van der Waals surface area contributed by atoms with Crippen molar-refractivity contribution in [1.82, 2.24) is 10.3 Å². The van der Waals surface area contributed by atoms with Crippen LogP contribution in [0.2, 0.25) is 0 Å². The molecule has 1 aliphatic heterocycles. The number of amides is 1. The second-order valence-corrected chi connectivity index (χ2v) is 5.31. The molecule has 108 valence electrons. The lowest BCUT2D eigenvalue weighted by molar-refractivity contribution is -0.148. The monoisotopic (exact) mass is 296 g/mol. The van der Waals surface area contributed by atoms with E-state index in [-0.39, 0.29) is 12.8 Å². The molecule has 0 aliphatic carbocycles. The zero-order valence-electron chi connectivity index (χ0n) is 11.1. The molecule has 20 heavy (non-hydrogen) atoms. The quantitative estimate of drug-likeness (QED) is 0.811. The van der Waals surface area contributed by atoms with Crippen molar-refractivity contribution < 1.29 is 19.4 Å². The van der Waals surface area contributed by atoms with Crippen LogP contribution in [0.4, 0.5) is 0 Å². The van der Waals surface area contributed by atoms with Crippen LogP contribution in [0.15, 0.2) is 23.4 Å². The Bertz CT molecular complexity index is 515. The second-order valence-electron chi connectivity index (χ2n) is 4.51. The lowest BCUT2D eigenvalue weighted by atomic mass is 9.90. The number of hydrogen-bond acceptors (Lipinski definition) is 5. The minimum Gasteiger partial charge on any atom is -0.480 e. The summed E-state index contributed by atoms with van der Waals surface area (Å²) in [4.78, 5) is 27.9. The fourth-order valence-corrected chi connectivity index (χ4v) is 2.67. The van der Waals surface area contributed by atoms with Crippen LogP contribution < -0.4 is 5.32 Å². The molecule has 1 aromatic heterocycles. The van der Waals surface area contributed by atoms with Gasteiger partial charge < -0.3 is 15.2 Å². The minimum absolute atomic E-state index is 0.267. The van der Waals surface area contributed by atoms with Crippen molar-refractivity contribution in [2.24, 2.45) is 0 Å². The molecule has 0 radical (unpaired) electrons. The van der Waals surface area contributed by atoms with Gasteiger partial charge in [0, 0.05) is 32.3 Å². The lowest BCUT2D eigenvalue weighted by Crippen LogP contribution is -2.57. The van der Waals surface area contributed by atoms with Crippen LogP contribution in [0.25, 0.3) is 0 Å². The van der Waals surface area contributed by atoms with Crippen molar-refractivity contribution >= 4 is 23.6 Å². The summed E-state index contributed by atoms with van der Waals surface area (Å²) >= 11 is 1.35. The molecule has 0 bridgehead atoms. The number of carboxylic acids is 1. The molecule has 1 fully saturated rings. The molecule has 0 atom stereocenters. The zero-order valence-corrected chi connectivity index (χ0v) is 11.9. The first kappa shape index (κ1) is 14.8. The van der Waals surface area contributed by atoms with E-state index in [9.17, 15) is 14.7 Å². The first-order valence-corrected chi connectivity index (χ1v) is 7.44. The van der Waals surface area contributed by atoms with Crippen LogP contribution >= 0.6 is 11.8 Å². The summed E-state index contributed by atoms with van der Waals surface area (Å²) < 4.78 is 5.18. The number of carbonyl (C=O) groups excluding carboxylic acids is 1. The third kappa shape index (κ3) is 2.94. The fraction of sp³-hybridized carbons (Fsp3) is 0.462. The third-order valence-corrected chi connectivity index (χ3v) is 4.03. The van der Waals surface area contributed by atoms with Gasteiger partial charge in [-0.15, -0.1) is 11.8 Å². The van der Waals surface area contributed by atoms with Gasteiger partial charge in [-0.2, -0.15) is 0 Å². The number of pyridine rings is 1. The topological polar surface area (TPSA) is 88.5 Å². The molecule has 2 N–H and O–H groups in total. The van der Waals surface area contributed by atoms with E-state index in [1.165, 1.54) is 11.8 Å². The van der Waals surface area contributed by atoms with Gasteiger partial charge in [0.15, 0.2) is 0 Å². The molecular formula is C13H16N2O4S. The first-order valence-electron chi connectivity index (χ1n) is 6.22. The van der Waals surface area contributed by atoms with Gasteiger partial charge >= 0.3 is 5.97 Å². The van der Waals surface area contributed by atoms with Gasteiger partial charge in [-0.05, 0) is 18.4 Å². The molecule has 1 amide bonds. The zero-order chi connectivity index (χ0) is 14.6. The molecule has 1 saturated heterocycles. The minimum atomic E-state index is -1.25. The maximum atomic E-state index is 12.3. The van der Waals surface area contributed by atoms with E-state index >= 15 is 0 Å². The van der Waals surface area contributed by atoms with Crippen LogP contribution in [0, 0.1) is 0 Å². The van der Waals surface area contributed by atoms with Crippen LogP contribution in [0.5, 0.6) is 0 Å². The van der Waals surface area contributed by atoms with Crippen LogP contribution in [0.3, 0.4) is 0 Å². The molecule has 0 aromatic carbocycles.